The number of benzene rings is 1. The third-order valence-electron chi connectivity index (χ3n) is 2.59. The van der Waals surface area contributed by atoms with Gasteiger partial charge in [-0.25, -0.2) is 4.39 Å². The standard InChI is InChI=1S/C13H19ClFN/c1-3-8-16-10(2)4-5-11-6-7-13(15)12(14)9-11/h6-7,9-10,16H,3-5,8H2,1-2H3. The first kappa shape index (κ1) is 13.5. The smallest absolute Gasteiger partial charge is 0.141 e. The van der Waals surface area contributed by atoms with Gasteiger partial charge in [-0.2, -0.15) is 0 Å². The second kappa shape index (κ2) is 6.87. The zero-order valence-electron chi connectivity index (χ0n) is 9.89. The zero-order valence-corrected chi connectivity index (χ0v) is 10.6. The maximum Gasteiger partial charge on any atom is 0.141 e. The van der Waals surface area contributed by atoms with Crippen LogP contribution in [-0.4, -0.2) is 12.6 Å². The highest BCUT2D eigenvalue weighted by molar-refractivity contribution is 6.30. The van der Waals surface area contributed by atoms with Crippen molar-refractivity contribution in [3.8, 4) is 0 Å². The first-order valence-electron chi connectivity index (χ1n) is 5.80. The van der Waals surface area contributed by atoms with Crippen molar-refractivity contribution in [3.63, 3.8) is 0 Å². The predicted octanol–water partition coefficient (Wildman–Crippen LogP) is 3.80. The third kappa shape index (κ3) is 4.50. The number of hydrogen-bond donors (Lipinski definition) is 1. The Kier molecular flexibility index (Phi) is 5.78. The highest BCUT2D eigenvalue weighted by atomic mass is 35.5. The van der Waals surface area contributed by atoms with Gasteiger partial charge in [-0.3, -0.25) is 0 Å². The molecule has 0 amide bonds. The Balaban J connectivity index is 2.39. The molecule has 0 aliphatic heterocycles. The SMILES string of the molecule is CCCNC(C)CCc1ccc(F)c(Cl)c1. The van der Waals surface area contributed by atoms with Crippen molar-refractivity contribution in [1.29, 1.82) is 0 Å². The molecule has 1 aromatic carbocycles. The molecule has 3 heteroatoms. The summed E-state index contributed by atoms with van der Waals surface area (Å²) in [6.07, 6.45) is 3.12. The summed E-state index contributed by atoms with van der Waals surface area (Å²) in [7, 11) is 0. The molecule has 1 unspecified atom stereocenters. The first-order chi connectivity index (χ1) is 7.63. The van der Waals surface area contributed by atoms with Crippen LogP contribution in [0.15, 0.2) is 18.2 Å². The minimum Gasteiger partial charge on any atom is -0.314 e. The normalized spacial score (nSPS) is 12.8. The van der Waals surface area contributed by atoms with Crippen LogP contribution in [0.4, 0.5) is 4.39 Å². The quantitative estimate of drug-likeness (QED) is 0.802. The molecule has 0 spiro atoms. The number of halogens is 2. The van der Waals surface area contributed by atoms with Crippen LogP contribution in [0.5, 0.6) is 0 Å². The van der Waals surface area contributed by atoms with Gasteiger partial charge in [0.05, 0.1) is 5.02 Å². The Morgan fingerprint density at radius 1 is 1.44 bits per heavy atom. The zero-order chi connectivity index (χ0) is 12.0. The molecule has 16 heavy (non-hydrogen) atoms. The van der Waals surface area contributed by atoms with Gasteiger partial charge in [-0.05, 0) is 50.4 Å². The molecule has 1 aromatic rings. The van der Waals surface area contributed by atoms with Crippen LogP contribution in [-0.2, 0) is 6.42 Å². The van der Waals surface area contributed by atoms with E-state index in [4.69, 9.17) is 11.6 Å². The maximum absolute atomic E-state index is 12.9. The molecule has 0 saturated heterocycles. The van der Waals surface area contributed by atoms with Gasteiger partial charge in [0.25, 0.3) is 0 Å². The van der Waals surface area contributed by atoms with Crippen LogP contribution in [0, 0.1) is 5.82 Å². The van der Waals surface area contributed by atoms with Crippen LogP contribution in [0.25, 0.3) is 0 Å². The van der Waals surface area contributed by atoms with Crippen molar-refractivity contribution in [1.82, 2.24) is 5.32 Å². The molecular weight excluding hydrogens is 225 g/mol. The van der Waals surface area contributed by atoms with E-state index in [9.17, 15) is 4.39 Å². The Morgan fingerprint density at radius 2 is 2.19 bits per heavy atom. The van der Waals surface area contributed by atoms with Gasteiger partial charge in [0.2, 0.25) is 0 Å². The molecule has 0 heterocycles. The fourth-order valence-electron chi connectivity index (χ4n) is 1.57. The number of nitrogens with one attached hydrogen (secondary N) is 1. The highest BCUT2D eigenvalue weighted by Gasteiger charge is 2.04. The van der Waals surface area contributed by atoms with Crippen LogP contribution in [0.3, 0.4) is 0 Å². The summed E-state index contributed by atoms with van der Waals surface area (Å²) in [6, 6.07) is 5.43. The minimum atomic E-state index is -0.345. The number of rotatable bonds is 6. The van der Waals surface area contributed by atoms with Crippen LogP contribution in [0.2, 0.25) is 5.02 Å². The summed E-state index contributed by atoms with van der Waals surface area (Å²) in [6.45, 7) is 5.37. The Labute approximate surface area is 102 Å². The lowest BCUT2D eigenvalue weighted by Crippen LogP contribution is -2.27. The lowest BCUT2D eigenvalue weighted by atomic mass is 10.1. The van der Waals surface area contributed by atoms with E-state index in [2.05, 4.69) is 19.2 Å². The lowest BCUT2D eigenvalue weighted by molar-refractivity contribution is 0.513. The van der Waals surface area contributed by atoms with Crippen molar-refractivity contribution < 1.29 is 4.39 Å². The van der Waals surface area contributed by atoms with Gasteiger partial charge in [0, 0.05) is 6.04 Å². The molecule has 1 rings (SSSR count). The predicted molar refractivity (Wildman–Crippen MR) is 67.5 cm³/mol. The fraction of sp³-hybridized carbons (Fsp3) is 0.538. The van der Waals surface area contributed by atoms with Crippen LogP contribution >= 0.6 is 11.6 Å². The van der Waals surface area contributed by atoms with Crippen molar-refractivity contribution in [2.45, 2.75) is 39.2 Å². The summed E-state index contributed by atoms with van der Waals surface area (Å²) in [4.78, 5) is 0. The van der Waals surface area contributed by atoms with E-state index in [1.54, 1.807) is 12.1 Å². The molecule has 0 fully saturated rings. The molecule has 0 radical (unpaired) electrons. The lowest BCUT2D eigenvalue weighted by Gasteiger charge is -2.12. The van der Waals surface area contributed by atoms with Gasteiger partial charge >= 0.3 is 0 Å². The number of hydrogen-bond acceptors (Lipinski definition) is 1. The molecule has 0 aromatic heterocycles. The first-order valence-corrected chi connectivity index (χ1v) is 6.18. The van der Waals surface area contributed by atoms with Gasteiger partial charge in [0.15, 0.2) is 0 Å². The summed E-state index contributed by atoms with van der Waals surface area (Å²) >= 11 is 5.72. The van der Waals surface area contributed by atoms with E-state index >= 15 is 0 Å². The molecule has 0 aliphatic carbocycles. The van der Waals surface area contributed by atoms with Gasteiger partial charge in [0.1, 0.15) is 5.82 Å². The second-order valence-corrected chi connectivity index (χ2v) is 4.55. The van der Waals surface area contributed by atoms with Crippen LogP contribution < -0.4 is 5.32 Å². The van der Waals surface area contributed by atoms with E-state index in [1.165, 1.54) is 6.07 Å². The summed E-state index contributed by atoms with van der Waals surface area (Å²) in [5, 5.41) is 3.64. The summed E-state index contributed by atoms with van der Waals surface area (Å²) < 4.78 is 12.9. The van der Waals surface area contributed by atoms with Crippen molar-refractivity contribution >= 4 is 11.6 Å². The van der Waals surface area contributed by atoms with E-state index in [0.717, 1.165) is 31.4 Å². The molecule has 0 saturated carbocycles. The Hall–Kier alpha value is -0.600. The molecule has 1 nitrogen and oxygen atoms in total. The number of aryl methyl sites for hydroxylation is 1. The van der Waals surface area contributed by atoms with E-state index in [-0.39, 0.29) is 10.8 Å². The molecule has 90 valence electrons. The summed E-state index contributed by atoms with van der Waals surface area (Å²) in [5.74, 6) is -0.345. The molecule has 0 aliphatic rings. The average molecular weight is 244 g/mol. The topological polar surface area (TPSA) is 12.0 Å². The largest absolute Gasteiger partial charge is 0.314 e. The van der Waals surface area contributed by atoms with Gasteiger partial charge in [-0.1, -0.05) is 24.6 Å². The van der Waals surface area contributed by atoms with Gasteiger partial charge < -0.3 is 5.32 Å². The molecular formula is C13H19ClFN. The van der Waals surface area contributed by atoms with E-state index in [0.29, 0.717) is 6.04 Å². The van der Waals surface area contributed by atoms with Crippen molar-refractivity contribution in [3.05, 3.63) is 34.6 Å². The van der Waals surface area contributed by atoms with Gasteiger partial charge in [-0.15, -0.1) is 0 Å². The fourth-order valence-corrected chi connectivity index (χ4v) is 1.77. The Morgan fingerprint density at radius 3 is 2.81 bits per heavy atom. The maximum atomic E-state index is 12.9. The minimum absolute atomic E-state index is 0.215. The molecule has 1 N–H and O–H groups in total. The van der Waals surface area contributed by atoms with Crippen molar-refractivity contribution in [2.75, 3.05) is 6.54 Å². The molecule has 1 atom stereocenters. The third-order valence-corrected chi connectivity index (χ3v) is 2.88. The van der Waals surface area contributed by atoms with E-state index in [1.807, 2.05) is 0 Å². The van der Waals surface area contributed by atoms with E-state index < -0.39 is 0 Å². The average Bonchev–Trinajstić information content (AvgIpc) is 2.28. The highest BCUT2D eigenvalue weighted by Crippen LogP contribution is 2.17. The molecule has 0 bridgehead atoms. The van der Waals surface area contributed by atoms with Crippen LogP contribution in [0.1, 0.15) is 32.3 Å². The summed E-state index contributed by atoms with van der Waals surface area (Å²) in [5.41, 5.74) is 1.09. The Bertz CT molecular complexity index is 328. The second-order valence-electron chi connectivity index (χ2n) is 4.14. The van der Waals surface area contributed by atoms with Crippen molar-refractivity contribution in [2.24, 2.45) is 0 Å². The monoisotopic (exact) mass is 243 g/mol.